The van der Waals surface area contributed by atoms with Crippen molar-refractivity contribution >= 4 is 21.1 Å². The van der Waals surface area contributed by atoms with Crippen LogP contribution in [0.4, 0.5) is 4.39 Å². The van der Waals surface area contributed by atoms with E-state index in [0.717, 1.165) is 6.42 Å². The summed E-state index contributed by atoms with van der Waals surface area (Å²) >= 11 is 0. The Morgan fingerprint density at radius 2 is 1.96 bits per heavy atom. The number of aromatic nitrogens is 2. The van der Waals surface area contributed by atoms with Crippen LogP contribution in [0.25, 0.3) is 11.0 Å². The number of sulfonamides is 1. The van der Waals surface area contributed by atoms with E-state index in [1.807, 2.05) is 0 Å². The number of nitrogens with zero attached hydrogens (tertiary/aromatic N) is 2. The predicted molar refractivity (Wildman–Crippen MR) is 88.4 cm³/mol. The number of H-pyrrole nitrogens is 1. The van der Waals surface area contributed by atoms with Crippen molar-refractivity contribution in [3.05, 3.63) is 60.2 Å². The van der Waals surface area contributed by atoms with E-state index in [9.17, 15) is 12.8 Å². The summed E-state index contributed by atoms with van der Waals surface area (Å²) < 4.78 is 40.7. The molecule has 124 valence electrons. The van der Waals surface area contributed by atoms with Gasteiger partial charge in [0, 0.05) is 6.54 Å². The van der Waals surface area contributed by atoms with Gasteiger partial charge < -0.3 is 4.98 Å². The average Bonchev–Trinajstić information content (AvgIpc) is 3.21. The van der Waals surface area contributed by atoms with Gasteiger partial charge in [0.15, 0.2) is 0 Å². The van der Waals surface area contributed by atoms with Gasteiger partial charge in [0.25, 0.3) is 0 Å². The van der Waals surface area contributed by atoms with E-state index in [-0.39, 0.29) is 16.8 Å². The molecule has 1 aromatic heterocycles. The van der Waals surface area contributed by atoms with E-state index < -0.39 is 10.0 Å². The number of rotatable bonds is 3. The summed E-state index contributed by atoms with van der Waals surface area (Å²) in [5.41, 5.74) is 1.21. The topological polar surface area (TPSA) is 66.1 Å². The molecule has 7 heteroatoms. The van der Waals surface area contributed by atoms with Crippen LogP contribution in [0.15, 0.2) is 53.4 Å². The maximum absolute atomic E-state index is 13.4. The Labute approximate surface area is 139 Å². The minimum atomic E-state index is -3.58. The first kappa shape index (κ1) is 15.3. The Balaban J connectivity index is 1.74. The molecule has 24 heavy (non-hydrogen) atoms. The largest absolute Gasteiger partial charge is 0.341 e. The second kappa shape index (κ2) is 5.68. The van der Waals surface area contributed by atoms with Gasteiger partial charge in [-0.25, -0.2) is 17.8 Å². The molecule has 0 amide bonds. The van der Waals surface area contributed by atoms with Gasteiger partial charge >= 0.3 is 0 Å². The fourth-order valence-corrected chi connectivity index (χ4v) is 4.87. The smallest absolute Gasteiger partial charge is 0.243 e. The summed E-state index contributed by atoms with van der Waals surface area (Å²) in [4.78, 5) is 7.82. The number of nitrogens with one attached hydrogen (secondary N) is 1. The molecule has 2 aromatic carbocycles. The molecule has 1 unspecified atom stereocenters. The van der Waals surface area contributed by atoms with Crippen LogP contribution in [0.2, 0.25) is 0 Å². The number of imidazole rings is 1. The second-order valence-electron chi connectivity index (χ2n) is 5.87. The highest BCUT2D eigenvalue weighted by atomic mass is 32.2. The maximum atomic E-state index is 13.4. The fraction of sp³-hybridized carbons (Fsp3) is 0.235. The van der Waals surface area contributed by atoms with Crippen molar-refractivity contribution in [2.75, 3.05) is 6.54 Å². The Morgan fingerprint density at radius 1 is 1.17 bits per heavy atom. The molecule has 5 nitrogen and oxygen atoms in total. The molecule has 0 radical (unpaired) electrons. The Morgan fingerprint density at radius 3 is 2.75 bits per heavy atom. The minimum Gasteiger partial charge on any atom is -0.341 e. The molecule has 0 spiro atoms. The highest BCUT2D eigenvalue weighted by Gasteiger charge is 2.37. The highest BCUT2D eigenvalue weighted by molar-refractivity contribution is 7.89. The Kier molecular flexibility index (Phi) is 3.62. The SMILES string of the molecule is O=S(=O)(c1ccccc1)N1CCCC1c1nc2ccc(F)cc2[nH]1. The lowest BCUT2D eigenvalue weighted by atomic mass is 10.2. The summed E-state index contributed by atoms with van der Waals surface area (Å²) in [7, 11) is -3.58. The number of hydrogen-bond donors (Lipinski definition) is 1. The van der Waals surface area contributed by atoms with Crippen LogP contribution < -0.4 is 0 Å². The minimum absolute atomic E-state index is 0.277. The third-order valence-electron chi connectivity index (χ3n) is 4.33. The summed E-state index contributed by atoms with van der Waals surface area (Å²) in [5.74, 6) is 0.213. The highest BCUT2D eigenvalue weighted by Crippen LogP contribution is 2.36. The maximum Gasteiger partial charge on any atom is 0.243 e. The molecular formula is C17H16FN3O2S. The van der Waals surface area contributed by atoms with Gasteiger partial charge in [0.05, 0.1) is 22.0 Å². The molecule has 1 aliphatic rings. The van der Waals surface area contributed by atoms with Gasteiger partial charge in [-0.05, 0) is 43.2 Å². The van der Waals surface area contributed by atoms with E-state index in [4.69, 9.17) is 0 Å². The Bertz CT molecular complexity index is 985. The molecule has 0 saturated carbocycles. The first-order valence-electron chi connectivity index (χ1n) is 7.78. The van der Waals surface area contributed by atoms with Crippen LogP contribution in [0.5, 0.6) is 0 Å². The van der Waals surface area contributed by atoms with E-state index in [0.29, 0.717) is 29.8 Å². The van der Waals surface area contributed by atoms with Gasteiger partial charge in [-0.3, -0.25) is 0 Å². The van der Waals surface area contributed by atoms with Crippen molar-refractivity contribution in [3.8, 4) is 0 Å². The summed E-state index contributed by atoms with van der Waals surface area (Å²) in [5, 5.41) is 0. The molecular weight excluding hydrogens is 329 g/mol. The molecule has 0 aliphatic carbocycles. The lowest BCUT2D eigenvalue weighted by Gasteiger charge is -2.22. The van der Waals surface area contributed by atoms with Gasteiger partial charge in [-0.2, -0.15) is 4.31 Å². The van der Waals surface area contributed by atoms with Crippen LogP contribution in [0.3, 0.4) is 0 Å². The summed E-state index contributed by atoms with van der Waals surface area (Å²) in [6.07, 6.45) is 1.45. The number of aromatic amines is 1. The average molecular weight is 345 g/mol. The van der Waals surface area contributed by atoms with E-state index in [1.54, 1.807) is 36.4 Å². The fourth-order valence-electron chi connectivity index (χ4n) is 3.19. The van der Waals surface area contributed by atoms with E-state index >= 15 is 0 Å². The van der Waals surface area contributed by atoms with Crippen molar-refractivity contribution < 1.29 is 12.8 Å². The molecule has 1 fully saturated rings. The van der Waals surface area contributed by atoms with Crippen molar-refractivity contribution in [1.82, 2.24) is 14.3 Å². The quantitative estimate of drug-likeness (QED) is 0.792. The number of benzene rings is 2. The number of fused-ring (bicyclic) bond motifs is 1. The molecule has 0 bridgehead atoms. The zero-order valence-electron chi connectivity index (χ0n) is 12.8. The van der Waals surface area contributed by atoms with Crippen LogP contribution in [0, 0.1) is 5.82 Å². The van der Waals surface area contributed by atoms with Crippen molar-refractivity contribution in [2.45, 2.75) is 23.8 Å². The monoisotopic (exact) mass is 345 g/mol. The normalized spacial score (nSPS) is 19.1. The molecule has 2 heterocycles. The van der Waals surface area contributed by atoms with Crippen LogP contribution >= 0.6 is 0 Å². The van der Waals surface area contributed by atoms with Crippen LogP contribution in [0.1, 0.15) is 24.7 Å². The first-order valence-corrected chi connectivity index (χ1v) is 9.22. The van der Waals surface area contributed by atoms with Crippen LogP contribution in [-0.2, 0) is 10.0 Å². The first-order chi connectivity index (χ1) is 11.6. The van der Waals surface area contributed by atoms with Gasteiger partial charge in [0.2, 0.25) is 10.0 Å². The summed E-state index contributed by atoms with van der Waals surface area (Å²) in [6.45, 7) is 0.452. The number of halogens is 1. The van der Waals surface area contributed by atoms with Crippen molar-refractivity contribution in [1.29, 1.82) is 0 Å². The molecule has 1 atom stereocenters. The van der Waals surface area contributed by atoms with E-state index in [2.05, 4.69) is 9.97 Å². The molecule has 4 rings (SSSR count). The molecule has 3 aromatic rings. The number of hydrogen-bond acceptors (Lipinski definition) is 3. The molecule has 1 saturated heterocycles. The van der Waals surface area contributed by atoms with Gasteiger partial charge in [-0.1, -0.05) is 18.2 Å². The van der Waals surface area contributed by atoms with Crippen molar-refractivity contribution in [2.24, 2.45) is 0 Å². The zero-order chi connectivity index (χ0) is 16.7. The standard InChI is InChI=1S/C17H16FN3O2S/c18-12-8-9-14-15(11-12)20-17(19-14)16-7-4-10-21(16)24(22,23)13-5-2-1-3-6-13/h1-3,5-6,8-9,11,16H,4,7,10H2,(H,19,20). The van der Waals surface area contributed by atoms with Crippen LogP contribution in [-0.4, -0.2) is 29.2 Å². The molecule has 1 aliphatic heterocycles. The third kappa shape index (κ3) is 2.50. The third-order valence-corrected chi connectivity index (χ3v) is 6.25. The lowest BCUT2D eigenvalue weighted by Crippen LogP contribution is -2.31. The van der Waals surface area contributed by atoms with Crippen molar-refractivity contribution in [3.63, 3.8) is 0 Å². The predicted octanol–water partition coefficient (Wildman–Crippen LogP) is 3.23. The van der Waals surface area contributed by atoms with Gasteiger partial charge in [-0.15, -0.1) is 0 Å². The lowest BCUT2D eigenvalue weighted by molar-refractivity contribution is 0.385. The van der Waals surface area contributed by atoms with Gasteiger partial charge in [0.1, 0.15) is 11.6 Å². The second-order valence-corrected chi connectivity index (χ2v) is 7.76. The van der Waals surface area contributed by atoms with E-state index in [1.165, 1.54) is 16.4 Å². The molecule has 1 N–H and O–H groups in total. The summed E-state index contributed by atoms with van der Waals surface area (Å²) in [6, 6.07) is 12.4. The zero-order valence-corrected chi connectivity index (χ0v) is 13.6. The Hall–Kier alpha value is -2.25.